The Balaban J connectivity index is 2.40. The van der Waals surface area contributed by atoms with Gasteiger partial charge in [0, 0.05) is 17.6 Å². The van der Waals surface area contributed by atoms with Crippen LogP contribution in [0.4, 0.5) is 0 Å². The molecule has 0 aliphatic carbocycles. The summed E-state index contributed by atoms with van der Waals surface area (Å²) in [6.45, 7) is 4.02. The van der Waals surface area contributed by atoms with Crippen LogP contribution in [-0.4, -0.2) is 24.5 Å². The van der Waals surface area contributed by atoms with Crippen LogP contribution in [-0.2, 0) is 6.54 Å². The number of benzene rings is 1. The fourth-order valence-corrected chi connectivity index (χ4v) is 1.78. The van der Waals surface area contributed by atoms with Crippen molar-refractivity contribution in [2.24, 2.45) is 5.73 Å². The summed E-state index contributed by atoms with van der Waals surface area (Å²) in [4.78, 5) is 2.26. The van der Waals surface area contributed by atoms with E-state index in [1.807, 2.05) is 18.2 Å². The summed E-state index contributed by atoms with van der Waals surface area (Å²) >= 11 is 6.11. The molecule has 0 amide bonds. The first-order valence-corrected chi connectivity index (χ1v) is 6.18. The summed E-state index contributed by atoms with van der Waals surface area (Å²) in [5, 5.41) is 0.842. The zero-order chi connectivity index (χ0) is 12.0. The lowest BCUT2D eigenvalue weighted by atomic mass is 10.1. The first-order valence-electron chi connectivity index (χ1n) is 5.81. The SMILES string of the molecule is CCC(N)CCN(C)Cc1ccccc1Cl. The average molecular weight is 241 g/mol. The Bertz CT molecular complexity index is 315. The monoisotopic (exact) mass is 240 g/mol. The van der Waals surface area contributed by atoms with Gasteiger partial charge in [0.1, 0.15) is 0 Å². The number of rotatable bonds is 6. The molecular weight excluding hydrogens is 220 g/mol. The zero-order valence-electron chi connectivity index (χ0n) is 10.1. The highest BCUT2D eigenvalue weighted by Gasteiger charge is 2.05. The summed E-state index contributed by atoms with van der Waals surface area (Å²) in [6, 6.07) is 8.29. The minimum atomic E-state index is 0.314. The molecule has 0 aliphatic heterocycles. The van der Waals surface area contributed by atoms with Gasteiger partial charge in [-0.2, -0.15) is 0 Å². The van der Waals surface area contributed by atoms with Crippen LogP contribution in [0.3, 0.4) is 0 Å². The molecule has 1 atom stereocenters. The van der Waals surface area contributed by atoms with E-state index < -0.39 is 0 Å². The van der Waals surface area contributed by atoms with Crippen molar-refractivity contribution in [3.05, 3.63) is 34.9 Å². The Labute approximate surface area is 103 Å². The summed E-state index contributed by atoms with van der Waals surface area (Å²) in [5.41, 5.74) is 7.07. The molecule has 1 aromatic rings. The molecule has 1 aromatic carbocycles. The van der Waals surface area contributed by atoms with E-state index in [2.05, 4.69) is 24.9 Å². The van der Waals surface area contributed by atoms with Crippen LogP contribution in [0.15, 0.2) is 24.3 Å². The van der Waals surface area contributed by atoms with Gasteiger partial charge in [0.25, 0.3) is 0 Å². The van der Waals surface area contributed by atoms with Crippen molar-refractivity contribution >= 4 is 11.6 Å². The molecule has 0 saturated heterocycles. The van der Waals surface area contributed by atoms with Crippen molar-refractivity contribution in [2.45, 2.75) is 32.4 Å². The number of nitrogens with two attached hydrogens (primary N) is 1. The van der Waals surface area contributed by atoms with Crippen molar-refractivity contribution in [1.82, 2.24) is 4.90 Å². The van der Waals surface area contributed by atoms with E-state index in [1.54, 1.807) is 0 Å². The molecule has 90 valence electrons. The van der Waals surface area contributed by atoms with Gasteiger partial charge in [-0.25, -0.2) is 0 Å². The molecule has 0 radical (unpaired) electrons. The maximum Gasteiger partial charge on any atom is 0.0451 e. The minimum Gasteiger partial charge on any atom is -0.328 e. The van der Waals surface area contributed by atoms with Gasteiger partial charge in [0.05, 0.1) is 0 Å². The molecule has 1 rings (SSSR count). The molecule has 1 unspecified atom stereocenters. The van der Waals surface area contributed by atoms with Crippen LogP contribution in [0.1, 0.15) is 25.3 Å². The highest BCUT2D eigenvalue weighted by atomic mass is 35.5. The fraction of sp³-hybridized carbons (Fsp3) is 0.538. The summed E-state index contributed by atoms with van der Waals surface area (Å²) in [5.74, 6) is 0. The Morgan fingerprint density at radius 1 is 1.38 bits per heavy atom. The maximum absolute atomic E-state index is 6.11. The molecule has 0 heterocycles. The van der Waals surface area contributed by atoms with E-state index in [0.29, 0.717) is 6.04 Å². The molecular formula is C13H21ClN2. The normalized spacial score (nSPS) is 13.1. The molecule has 16 heavy (non-hydrogen) atoms. The van der Waals surface area contributed by atoms with Gasteiger partial charge in [-0.1, -0.05) is 36.7 Å². The Morgan fingerprint density at radius 2 is 2.06 bits per heavy atom. The molecule has 0 aliphatic rings. The summed E-state index contributed by atoms with van der Waals surface area (Å²) in [6.07, 6.45) is 2.08. The molecule has 0 saturated carbocycles. The standard InChI is InChI=1S/C13H21ClN2/c1-3-12(15)8-9-16(2)10-11-6-4-5-7-13(11)14/h4-7,12H,3,8-10,15H2,1-2H3. The van der Waals surface area contributed by atoms with E-state index in [-0.39, 0.29) is 0 Å². The van der Waals surface area contributed by atoms with Crippen LogP contribution < -0.4 is 5.73 Å². The second-order valence-corrected chi connectivity index (χ2v) is 4.69. The second kappa shape index (κ2) is 6.89. The van der Waals surface area contributed by atoms with E-state index in [9.17, 15) is 0 Å². The molecule has 2 nitrogen and oxygen atoms in total. The lowest BCUT2D eigenvalue weighted by molar-refractivity contribution is 0.309. The van der Waals surface area contributed by atoms with Gasteiger partial charge in [0.2, 0.25) is 0 Å². The first kappa shape index (κ1) is 13.5. The van der Waals surface area contributed by atoms with Gasteiger partial charge in [-0.15, -0.1) is 0 Å². The number of halogens is 1. The van der Waals surface area contributed by atoms with E-state index >= 15 is 0 Å². The largest absolute Gasteiger partial charge is 0.328 e. The zero-order valence-corrected chi connectivity index (χ0v) is 10.9. The van der Waals surface area contributed by atoms with Gasteiger partial charge in [0.15, 0.2) is 0 Å². The molecule has 2 N–H and O–H groups in total. The van der Waals surface area contributed by atoms with Crippen molar-refractivity contribution in [2.75, 3.05) is 13.6 Å². The smallest absolute Gasteiger partial charge is 0.0451 e. The highest BCUT2D eigenvalue weighted by molar-refractivity contribution is 6.31. The topological polar surface area (TPSA) is 29.3 Å². The van der Waals surface area contributed by atoms with Crippen molar-refractivity contribution in [3.8, 4) is 0 Å². The number of hydrogen-bond donors (Lipinski definition) is 1. The Morgan fingerprint density at radius 3 is 2.69 bits per heavy atom. The quantitative estimate of drug-likeness (QED) is 0.829. The molecule has 0 aromatic heterocycles. The van der Waals surface area contributed by atoms with Gasteiger partial charge >= 0.3 is 0 Å². The predicted octanol–water partition coefficient (Wildman–Crippen LogP) is 2.90. The van der Waals surface area contributed by atoms with Crippen LogP contribution >= 0.6 is 11.6 Å². The van der Waals surface area contributed by atoms with Gasteiger partial charge in [-0.3, -0.25) is 0 Å². The van der Waals surface area contributed by atoms with Gasteiger partial charge in [-0.05, 0) is 38.1 Å². The molecule has 0 spiro atoms. The number of hydrogen-bond acceptors (Lipinski definition) is 2. The number of nitrogens with zero attached hydrogens (tertiary/aromatic N) is 1. The third-order valence-corrected chi connectivity index (χ3v) is 3.17. The Kier molecular flexibility index (Phi) is 5.81. The summed E-state index contributed by atoms with van der Waals surface area (Å²) < 4.78 is 0. The van der Waals surface area contributed by atoms with Crippen LogP contribution in [0.25, 0.3) is 0 Å². The molecule has 0 bridgehead atoms. The maximum atomic E-state index is 6.11. The van der Waals surface area contributed by atoms with Crippen molar-refractivity contribution < 1.29 is 0 Å². The van der Waals surface area contributed by atoms with Crippen molar-refractivity contribution in [3.63, 3.8) is 0 Å². The third-order valence-electron chi connectivity index (χ3n) is 2.80. The van der Waals surface area contributed by atoms with Gasteiger partial charge < -0.3 is 10.6 Å². The first-order chi connectivity index (χ1) is 7.63. The lowest BCUT2D eigenvalue weighted by Gasteiger charge is -2.19. The van der Waals surface area contributed by atoms with Crippen molar-refractivity contribution in [1.29, 1.82) is 0 Å². The second-order valence-electron chi connectivity index (χ2n) is 4.29. The molecule has 3 heteroatoms. The summed E-state index contributed by atoms with van der Waals surface area (Å²) in [7, 11) is 2.10. The van der Waals surface area contributed by atoms with Crippen LogP contribution in [0.2, 0.25) is 5.02 Å². The van der Waals surface area contributed by atoms with E-state index in [0.717, 1.165) is 31.0 Å². The highest BCUT2D eigenvalue weighted by Crippen LogP contribution is 2.16. The van der Waals surface area contributed by atoms with Crippen LogP contribution in [0, 0.1) is 0 Å². The fourth-order valence-electron chi connectivity index (χ4n) is 1.59. The Hall–Kier alpha value is -0.570. The predicted molar refractivity (Wildman–Crippen MR) is 70.7 cm³/mol. The minimum absolute atomic E-state index is 0.314. The van der Waals surface area contributed by atoms with Crippen LogP contribution in [0.5, 0.6) is 0 Å². The molecule has 0 fully saturated rings. The van der Waals surface area contributed by atoms with E-state index in [1.165, 1.54) is 5.56 Å². The average Bonchev–Trinajstić information content (AvgIpc) is 2.29. The lowest BCUT2D eigenvalue weighted by Crippen LogP contribution is -2.27. The third kappa shape index (κ3) is 4.52. The van der Waals surface area contributed by atoms with E-state index in [4.69, 9.17) is 17.3 Å².